The van der Waals surface area contributed by atoms with Crippen molar-refractivity contribution in [3.05, 3.63) is 17.0 Å². The van der Waals surface area contributed by atoms with Crippen LogP contribution in [0.15, 0.2) is 0 Å². The number of nitrogens with one attached hydrogen (secondary N) is 1. The Hall–Kier alpha value is -0.880. The fourth-order valence-electron chi connectivity index (χ4n) is 2.71. The Morgan fingerprint density at radius 3 is 2.43 bits per heavy atom. The smallest absolute Gasteiger partial charge is 0.150 e. The van der Waals surface area contributed by atoms with Gasteiger partial charge in [0.05, 0.1) is 11.4 Å². The monoisotopic (exact) mass is 315 g/mol. The van der Waals surface area contributed by atoms with Gasteiger partial charge >= 0.3 is 0 Å². The van der Waals surface area contributed by atoms with Crippen LogP contribution in [-0.4, -0.2) is 36.2 Å². The molecule has 0 aliphatic rings. The van der Waals surface area contributed by atoms with Gasteiger partial charge in [-0.15, -0.1) is 0 Å². The molecule has 0 fully saturated rings. The van der Waals surface area contributed by atoms with Crippen molar-refractivity contribution < 1.29 is 8.42 Å². The summed E-state index contributed by atoms with van der Waals surface area (Å²) in [6.07, 6.45) is 1.64. The molecule has 0 saturated carbocycles. The third-order valence-electron chi connectivity index (χ3n) is 3.91. The SMILES string of the molecule is CCNC(CC)c1c(C)nn(CCCS(=O)(=O)CC)c1C. The van der Waals surface area contributed by atoms with Crippen molar-refractivity contribution in [3.63, 3.8) is 0 Å². The van der Waals surface area contributed by atoms with Crippen molar-refractivity contribution in [3.8, 4) is 0 Å². The zero-order valence-electron chi connectivity index (χ0n) is 13.9. The number of aryl methyl sites for hydroxylation is 2. The highest BCUT2D eigenvalue weighted by molar-refractivity contribution is 7.91. The van der Waals surface area contributed by atoms with E-state index >= 15 is 0 Å². The van der Waals surface area contributed by atoms with Gasteiger partial charge in [0.2, 0.25) is 0 Å². The summed E-state index contributed by atoms with van der Waals surface area (Å²) in [7, 11) is -2.89. The molecule has 1 rings (SSSR count). The van der Waals surface area contributed by atoms with Crippen LogP contribution in [0.5, 0.6) is 0 Å². The molecule has 1 aromatic rings. The summed E-state index contributed by atoms with van der Waals surface area (Å²) >= 11 is 0. The summed E-state index contributed by atoms with van der Waals surface area (Å²) in [5, 5.41) is 8.07. The van der Waals surface area contributed by atoms with Crippen LogP contribution in [-0.2, 0) is 16.4 Å². The third-order valence-corrected chi connectivity index (χ3v) is 5.70. The van der Waals surface area contributed by atoms with Crippen LogP contribution >= 0.6 is 0 Å². The number of sulfone groups is 1. The van der Waals surface area contributed by atoms with Crippen molar-refractivity contribution in [2.24, 2.45) is 0 Å². The van der Waals surface area contributed by atoms with Crippen molar-refractivity contribution in [2.45, 2.75) is 60.0 Å². The van der Waals surface area contributed by atoms with E-state index in [0.29, 0.717) is 19.0 Å². The van der Waals surface area contributed by atoms with Gasteiger partial charge in [0.25, 0.3) is 0 Å². The van der Waals surface area contributed by atoms with Crippen LogP contribution in [0.2, 0.25) is 0 Å². The lowest BCUT2D eigenvalue weighted by Gasteiger charge is -2.16. The topological polar surface area (TPSA) is 64.0 Å². The summed E-state index contributed by atoms with van der Waals surface area (Å²) in [5.41, 5.74) is 3.45. The van der Waals surface area contributed by atoms with Gasteiger partial charge in [-0.3, -0.25) is 4.68 Å². The molecule has 1 aromatic heterocycles. The van der Waals surface area contributed by atoms with Gasteiger partial charge in [0.1, 0.15) is 9.84 Å². The molecule has 21 heavy (non-hydrogen) atoms. The summed E-state index contributed by atoms with van der Waals surface area (Å²) in [4.78, 5) is 0. The predicted octanol–water partition coefficient (Wildman–Crippen LogP) is 2.39. The molecule has 0 radical (unpaired) electrons. The van der Waals surface area contributed by atoms with E-state index < -0.39 is 9.84 Å². The molecule has 0 spiro atoms. The minimum atomic E-state index is -2.89. The molecule has 5 nitrogen and oxygen atoms in total. The van der Waals surface area contributed by atoms with Crippen molar-refractivity contribution >= 4 is 9.84 Å². The Kier molecular flexibility index (Phi) is 6.87. The van der Waals surface area contributed by atoms with Crippen LogP contribution in [0.3, 0.4) is 0 Å². The first kappa shape index (κ1) is 18.2. The minimum absolute atomic E-state index is 0.216. The summed E-state index contributed by atoms with van der Waals surface area (Å²) in [6.45, 7) is 11.7. The van der Waals surface area contributed by atoms with Crippen molar-refractivity contribution in [1.82, 2.24) is 15.1 Å². The molecule has 0 saturated heterocycles. The molecule has 1 unspecified atom stereocenters. The molecule has 122 valence electrons. The van der Waals surface area contributed by atoms with Crippen LogP contribution in [0.1, 0.15) is 56.6 Å². The second kappa shape index (κ2) is 7.94. The van der Waals surface area contributed by atoms with Gasteiger partial charge in [-0.25, -0.2) is 8.42 Å². The van der Waals surface area contributed by atoms with Gasteiger partial charge in [-0.05, 0) is 33.2 Å². The number of nitrogens with zero attached hydrogens (tertiary/aromatic N) is 2. The normalized spacial score (nSPS) is 13.6. The van der Waals surface area contributed by atoms with Gasteiger partial charge in [-0.2, -0.15) is 5.10 Å². The average Bonchev–Trinajstić information content (AvgIpc) is 2.71. The minimum Gasteiger partial charge on any atom is -0.310 e. The maximum absolute atomic E-state index is 11.5. The van der Waals surface area contributed by atoms with Crippen molar-refractivity contribution in [2.75, 3.05) is 18.1 Å². The maximum Gasteiger partial charge on any atom is 0.150 e. The highest BCUT2D eigenvalue weighted by atomic mass is 32.2. The number of hydrogen-bond donors (Lipinski definition) is 1. The van der Waals surface area contributed by atoms with Crippen molar-refractivity contribution in [1.29, 1.82) is 0 Å². The van der Waals surface area contributed by atoms with Crippen LogP contribution in [0, 0.1) is 13.8 Å². The lowest BCUT2D eigenvalue weighted by Crippen LogP contribution is -2.21. The molecule has 6 heteroatoms. The Balaban J connectivity index is 2.82. The molecule has 0 amide bonds. The number of rotatable bonds is 9. The molecule has 0 bridgehead atoms. The molecule has 1 N–H and O–H groups in total. The molecule has 0 aliphatic heterocycles. The summed E-state index contributed by atoms with van der Waals surface area (Å²) < 4.78 is 25.0. The molecule has 1 heterocycles. The number of aromatic nitrogens is 2. The van der Waals surface area contributed by atoms with E-state index in [1.807, 2.05) is 11.6 Å². The van der Waals surface area contributed by atoms with E-state index in [0.717, 1.165) is 24.4 Å². The van der Waals surface area contributed by atoms with Crippen LogP contribution < -0.4 is 5.32 Å². The quantitative estimate of drug-likeness (QED) is 0.760. The van der Waals surface area contributed by atoms with Gasteiger partial charge in [0, 0.05) is 29.6 Å². The molecule has 0 aromatic carbocycles. The van der Waals surface area contributed by atoms with Gasteiger partial charge in [-0.1, -0.05) is 20.8 Å². The van der Waals surface area contributed by atoms with Crippen LogP contribution in [0.25, 0.3) is 0 Å². The van der Waals surface area contributed by atoms with Gasteiger partial charge < -0.3 is 5.32 Å². The Labute approximate surface area is 129 Å². The van der Waals surface area contributed by atoms with Crippen LogP contribution in [0.4, 0.5) is 0 Å². The Morgan fingerprint density at radius 1 is 1.24 bits per heavy atom. The fourth-order valence-corrected chi connectivity index (χ4v) is 3.57. The van der Waals surface area contributed by atoms with E-state index in [4.69, 9.17) is 0 Å². The Bertz CT molecular complexity index is 550. The van der Waals surface area contributed by atoms with E-state index in [1.165, 1.54) is 5.56 Å². The van der Waals surface area contributed by atoms with E-state index in [-0.39, 0.29) is 11.5 Å². The first-order chi connectivity index (χ1) is 9.86. The Morgan fingerprint density at radius 2 is 1.90 bits per heavy atom. The lowest BCUT2D eigenvalue weighted by atomic mass is 10.0. The standard InChI is InChI=1S/C15H29N3O2S/c1-6-14(16-7-2)15-12(4)17-18(13(15)5)10-9-11-21(19,20)8-3/h14,16H,6-11H2,1-5H3. The second-order valence-electron chi connectivity index (χ2n) is 5.42. The number of hydrogen-bond acceptors (Lipinski definition) is 4. The third kappa shape index (κ3) is 4.81. The molecule has 0 aliphatic carbocycles. The second-order valence-corrected chi connectivity index (χ2v) is 7.89. The maximum atomic E-state index is 11.5. The predicted molar refractivity (Wildman–Crippen MR) is 87.4 cm³/mol. The van der Waals surface area contributed by atoms with E-state index in [2.05, 4.69) is 31.2 Å². The first-order valence-electron chi connectivity index (χ1n) is 7.83. The highest BCUT2D eigenvalue weighted by Gasteiger charge is 2.19. The largest absolute Gasteiger partial charge is 0.310 e. The van der Waals surface area contributed by atoms with E-state index in [1.54, 1.807) is 6.92 Å². The van der Waals surface area contributed by atoms with Gasteiger partial charge in [0.15, 0.2) is 0 Å². The summed E-state index contributed by atoms with van der Waals surface area (Å²) in [6, 6.07) is 0.322. The summed E-state index contributed by atoms with van der Waals surface area (Å²) in [5.74, 6) is 0.454. The first-order valence-corrected chi connectivity index (χ1v) is 9.66. The average molecular weight is 315 g/mol. The zero-order chi connectivity index (χ0) is 16.0. The lowest BCUT2D eigenvalue weighted by molar-refractivity contribution is 0.528. The fraction of sp³-hybridized carbons (Fsp3) is 0.800. The molecular weight excluding hydrogens is 286 g/mol. The zero-order valence-corrected chi connectivity index (χ0v) is 14.8. The van der Waals surface area contributed by atoms with E-state index in [9.17, 15) is 8.42 Å². The molecular formula is C15H29N3O2S. The molecule has 1 atom stereocenters. The highest BCUT2D eigenvalue weighted by Crippen LogP contribution is 2.24.